The van der Waals surface area contributed by atoms with E-state index in [0.29, 0.717) is 28.2 Å². The van der Waals surface area contributed by atoms with E-state index in [0.717, 1.165) is 11.9 Å². The van der Waals surface area contributed by atoms with Crippen molar-refractivity contribution < 1.29 is 27.9 Å². The highest BCUT2D eigenvalue weighted by Crippen LogP contribution is 2.25. The maximum atomic E-state index is 13.0. The third-order valence-electron chi connectivity index (χ3n) is 5.23. The number of nitrogens with zero attached hydrogens (tertiary/aromatic N) is 1. The minimum atomic E-state index is -3.34. The summed E-state index contributed by atoms with van der Waals surface area (Å²) in [7, 11) is -3.34. The van der Waals surface area contributed by atoms with Gasteiger partial charge in [-0.2, -0.15) is 0 Å². The average Bonchev–Trinajstić information content (AvgIpc) is 3.07. The van der Waals surface area contributed by atoms with Crippen molar-refractivity contribution in [1.29, 1.82) is 0 Å². The fourth-order valence-electron chi connectivity index (χ4n) is 3.59. The number of carbonyl (C=O) groups is 3. The number of hydrogen-bond donors (Lipinski definition) is 3. The first-order valence-corrected chi connectivity index (χ1v) is 12.3. The Bertz CT molecular complexity index is 1360. The summed E-state index contributed by atoms with van der Waals surface area (Å²) in [5.74, 6) is -1.80. The molecule has 0 saturated carbocycles. The van der Waals surface area contributed by atoms with Crippen LogP contribution < -0.4 is 10.6 Å². The number of sulfone groups is 1. The number of nitrogens with one attached hydrogen (secondary N) is 2. The second-order valence-corrected chi connectivity index (χ2v) is 9.80. The summed E-state index contributed by atoms with van der Waals surface area (Å²) in [5.41, 5.74) is 3.07. The first-order chi connectivity index (χ1) is 16.0. The molecule has 10 heteroatoms. The van der Waals surface area contributed by atoms with Crippen molar-refractivity contribution >= 4 is 33.3 Å². The van der Waals surface area contributed by atoms with Crippen molar-refractivity contribution in [3.63, 3.8) is 0 Å². The van der Waals surface area contributed by atoms with Crippen molar-refractivity contribution in [1.82, 2.24) is 9.88 Å². The molecule has 2 amide bonds. The Labute approximate surface area is 197 Å². The number of aliphatic carboxylic acids is 1. The zero-order valence-corrected chi connectivity index (χ0v) is 19.8. The fourth-order valence-corrected chi connectivity index (χ4v) is 4.22. The molecule has 1 aromatic heterocycles. The number of carboxylic acids is 1. The van der Waals surface area contributed by atoms with Crippen LogP contribution in [0.3, 0.4) is 0 Å². The number of anilines is 1. The normalized spacial score (nSPS) is 11.1. The largest absolute Gasteiger partial charge is 0.481 e. The van der Waals surface area contributed by atoms with E-state index in [1.165, 1.54) is 24.3 Å². The van der Waals surface area contributed by atoms with E-state index in [9.17, 15) is 22.8 Å². The molecule has 0 saturated heterocycles. The molecule has 0 unspecified atom stereocenters. The lowest BCUT2D eigenvalue weighted by atomic mass is 10.1. The Morgan fingerprint density at radius 1 is 0.941 bits per heavy atom. The number of amides is 2. The molecule has 0 spiro atoms. The SMILES string of the molecule is Cc1cc(C(=O)Nc2ccc(S(C)(=O)=O)cc2)c(C)n1-c1ccccc1C(=O)NCCC(=O)O. The molecule has 3 aromatic rings. The topological polar surface area (TPSA) is 135 Å². The molecule has 0 aliphatic heterocycles. The van der Waals surface area contributed by atoms with Gasteiger partial charge in [0.2, 0.25) is 0 Å². The number of para-hydroxylation sites is 1. The molecule has 3 N–H and O–H groups in total. The third-order valence-corrected chi connectivity index (χ3v) is 6.36. The van der Waals surface area contributed by atoms with Crippen molar-refractivity contribution in [3.8, 4) is 5.69 Å². The Hall–Kier alpha value is -3.92. The quantitative estimate of drug-likeness (QED) is 0.451. The van der Waals surface area contributed by atoms with E-state index in [1.807, 2.05) is 6.92 Å². The monoisotopic (exact) mass is 483 g/mol. The van der Waals surface area contributed by atoms with Gasteiger partial charge in [-0.05, 0) is 56.3 Å². The number of aryl methyl sites for hydroxylation is 1. The number of benzene rings is 2. The van der Waals surface area contributed by atoms with Crippen LogP contribution in [-0.2, 0) is 14.6 Å². The maximum Gasteiger partial charge on any atom is 0.305 e. The van der Waals surface area contributed by atoms with Gasteiger partial charge in [-0.15, -0.1) is 0 Å². The molecular formula is C24H25N3O6S. The van der Waals surface area contributed by atoms with Crippen LogP contribution in [0, 0.1) is 13.8 Å². The molecule has 0 aliphatic carbocycles. The van der Waals surface area contributed by atoms with Crippen LogP contribution in [0.2, 0.25) is 0 Å². The summed E-state index contributed by atoms with van der Waals surface area (Å²) in [6.07, 6.45) is 0.921. The maximum absolute atomic E-state index is 13.0. The number of carboxylic acid groups (broad SMARTS) is 1. The van der Waals surface area contributed by atoms with Crippen LogP contribution >= 0.6 is 0 Å². The van der Waals surface area contributed by atoms with Crippen LogP contribution in [-0.4, -0.2) is 48.7 Å². The van der Waals surface area contributed by atoms with Crippen molar-refractivity contribution in [2.24, 2.45) is 0 Å². The van der Waals surface area contributed by atoms with Gasteiger partial charge in [0.1, 0.15) is 0 Å². The molecule has 0 radical (unpaired) electrons. The van der Waals surface area contributed by atoms with Crippen LogP contribution in [0.25, 0.3) is 5.69 Å². The lowest BCUT2D eigenvalue weighted by molar-refractivity contribution is -0.136. The first kappa shape index (κ1) is 24.7. The second kappa shape index (κ2) is 9.92. The Morgan fingerprint density at radius 2 is 1.59 bits per heavy atom. The summed E-state index contributed by atoms with van der Waals surface area (Å²) >= 11 is 0. The summed E-state index contributed by atoms with van der Waals surface area (Å²) in [6, 6.07) is 14.4. The highest BCUT2D eigenvalue weighted by Gasteiger charge is 2.20. The van der Waals surface area contributed by atoms with E-state index in [1.54, 1.807) is 41.8 Å². The molecular weight excluding hydrogens is 458 g/mol. The summed E-state index contributed by atoms with van der Waals surface area (Å²) in [6.45, 7) is 3.56. The van der Waals surface area contributed by atoms with Gasteiger partial charge in [0, 0.05) is 29.9 Å². The minimum absolute atomic E-state index is 0.00206. The van der Waals surface area contributed by atoms with Gasteiger partial charge < -0.3 is 20.3 Å². The smallest absolute Gasteiger partial charge is 0.305 e. The molecule has 0 aliphatic rings. The lowest BCUT2D eigenvalue weighted by Gasteiger charge is -2.15. The van der Waals surface area contributed by atoms with Crippen molar-refractivity contribution in [2.45, 2.75) is 25.2 Å². The number of carbonyl (C=O) groups excluding carboxylic acids is 2. The minimum Gasteiger partial charge on any atom is -0.481 e. The Morgan fingerprint density at radius 3 is 2.21 bits per heavy atom. The van der Waals surface area contributed by atoms with Crippen LogP contribution in [0.4, 0.5) is 5.69 Å². The number of rotatable bonds is 8. The summed E-state index contributed by atoms with van der Waals surface area (Å²) in [5, 5.41) is 14.2. The molecule has 0 fully saturated rings. The standard InChI is InChI=1S/C24H25N3O6S/c1-15-14-20(24(31)26-17-8-10-18(11-9-17)34(3,32)33)16(2)27(15)21-7-5-4-6-19(21)23(30)25-13-12-22(28)29/h4-11,14H,12-13H2,1-3H3,(H,25,30)(H,26,31)(H,28,29). The van der Waals surface area contributed by atoms with Gasteiger partial charge >= 0.3 is 5.97 Å². The molecule has 1 heterocycles. The predicted octanol–water partition coefficient (Wildman–Crippen LogP) is 2.95. The van der Waals surface area contributed by atoms with Crippen LogP contribution in [0.5, 0.6) is 0 Å². The van der Waals surface area contributed by atoms with E-state index in [2.05, 4.69) is 10.6 Å². The highest BCUT2D eigenvalue weighted by molar-refractivity contribution is 7.90. The van der Waals surface area contributed by atoms with Gasteiger partial charge in [0.05, 0.1) is 28.1 Å². The Kier molecular flexibility index (Phi) is 7.21. The van der Waals surface area contributed by atoms with E-state index < -0.39 is 21.7 Å². The molecule has 0 atom stereocenters. The highest BCUT2D eigenvalue weighted by atomic mass is 32.2. The first-order valence-electron chi connectivity index (χ1n) is 10.4. The van der Waals surface area contributed by atoms with Gasteiger partial charge in [-0.3, -0.25) is 14.4 Å². The Balaban J connectivity index is 1.88. The fraction of sp³-hybridized carbons (Fsp3) is 0.208. The predicted molar refractivity (Wildman–Crippen MR) is 127 cm³/mol. The van der Waals surface area contributed by atoms with E-state index >= 15 is 0 Å². The summed E-state index contributed by atoms with van der Waals surface area (Å²) < 4.78 is 25.0. The van der Waals surface area contributed by atoms with Gasteiger partial charge in [-0.25, -0.2) is 8.42 Å². The molecule has 9 nitrogen and oxygen atoms in total. The van der Waals surface area contributed by atoms with E-state index in [-0.39, 0.29) is 23.8 Å². The summed E-state index contributed by atoms with van der Waals surface area (Å²) in [4.78, 5) is 36.5. The molecule has 0 bridgehead atoms. The van der Waals surface area contributed by atoms with Gasteiger partial charge in [0.15, 0.2) is 9.84 Å². The lowest BCUT2D eigenvalue weighted by Crippen LogP contribution is -2.27. The number of hydrogen-bond acceptors (Lipinski definition) is 5. The van der Waals surface area contributed by atoms with Gasteiger partial charge in [0.25, 0.3) is 11.8 Å². The van der Waals surface area contributed by atoms with E-state index in [4.69, 9.17) is 5.11 Å². The second-order valence-electron chi connectivity index (χ2n) is 7.79. The van der Waals surface area contributed by atoms with Crippen molar-refractivity contribution in [2.75, 3.05) is 18.1 Å². The molecule has 2 aromatic carbocycles. The zero-order chi connectivity index (χ0) is 25.0. The zero-order valence-electron chi connectivity index (χ0n) is 19.0. The van der Waals surface area contributed by atoms with Crippen LogP contribution in [0.15, 0.2) is 59.5 Å². The third kappa shape index (κ3) is 5.52. The van der Waals surface area contributed by atoms with Gasteiger partial charge in [-0.1, -0.05) is 12.1 Å². The van der Waals surface area contributed by atoms with Crippen molar-refractivity contribution in [3.05, 3.63) is 77.1 Å². The molecule has 34 heavy (non-hydrogen) atoms. The average molecular weight is 484 g/mol. The number of aromatic nitrogens is 1. The van der Waals surface area contributed by atoms with Crippen LogP contribution in [0.1, 0.15) is 38.5 Å². The molecule has 3 rings (SSSR count). The molecule has 178 valence electrons.